The molecule has 3 rings (SSSR count). The maximum atomic E-state index is 12.1. The first-order valence-corrected chi connectivity index (χ1v) is 8.12. The molecular weight excluding hydrogens is 312 g/mol. The van der Waals surface area contributed by atoms with Crippen LogP contribution in [-0.2, 0) is 0 Å². The minimum atomic E-state index is -2.83. The van der Waals surface area contributed by atoms with E-state index in [0.29, 0.717) is 18.0 Å². The number of hydrogen-bond donors (Lipinski definition) is 1. The Morgan fingerprint density at radius 1 is 1.08 bits per heavy atom. The SMILES string of the molecule is O[C@@H](CN1CC[C@@H](c2ccccc2)C1)c1ccc(OC(F)F)cc1. The van der Waals surface area contributed by atoms with E-state index in [9.17, 15) is 13.9 Å². The lowest BCUT2D eigenvalue weighted by atomic mass is 9.99. The molecule has 0 spiro atoms. The van der Waals surface area contributed by atoms with Crippen molar-refractivity contribution in [1.82, 2.24) is 4.90 Å². The zero-order chi connectivity index (χ0) is 16.9. The summed E-state index contributed by atoms with van der Waals surface area (Å²) in [6.07, 6.45) is 0.442. The number of alkyl halides is 2. The van der Waals surface area contributed by atoms with E-state index in [1.807, 2.05) is 6.07 Å². The van der Waals surface area contributed by atoms with Gasteiger partial charge in [0.1, 0.15) is 5.75 Å². The molecule has 0 aliphatic carbocycles. The van der Waals surface area contributed by atoms with Crippen molar-refractivity contribution in [2.75, 3.05) is 19.6 Å². The zero-order valence-electron chi connectivity index (χ0n) is 13.3. The Morgan fingerprint density at radius 3 is 2.46 bits per heavy atom. The Labute approximate surface area is 140 Å². The van der Waals surface area contributed by atoms with Crippen molar-refractivity contribution in [2.24, 2.45) is 0 Å². The fourth-order valence-electron chi connectivity index (χ4n) is 3.22. The topological polar surface area (TPSA) is 32.7 Å². The van der Waals surface area contributed by atoms with Crippen LogP contribution >= 0.6 is 0 Å². The maximum Gasteiger partial charge on any atom is 0.387 e. The minimum Gasteiger partial charge on any atom is -0.435 e. The van der Waals surface area contributed by atoms with Crippen LogP contribution < -0.4 is 4.74 Å². The van der Waals surface area contributed by atoms with Crippen molar-refractivity contribution in [3.8, 4) is 5.75 Å². The van der Waals surface area contributed by atoms with Crippen LogP contribution in [0.1, 0.15) is 29.6 Å². The average molecular weight is 333 g/mol. The molecule has 2 atom stereocenters. The third-order valence-corrected chi connectivity index (χ3v) is 4.46. The van der Waals surface area contributed by atoms with Crippen molar-refractivity contribution >= 4 is 0 Å². The van der Waals surface area contributed by atoms with Crippen LogP contribution in [-0.4, -0.2) is 36.3 Å². The molecule has 0 aromatic heterocycles. The van der Waals surface area contributed by atoms with Gasteiger partial charge in [0.05, 0.1) is 6.10 Å². The maximum absolute atomic E-state index is 12.1. The van der Waals surface area contributed by atoms with Crippen LogP contribution in [0.4, 0.5) is 8.78 Å². The average Bonchev–Trinajstić information content (AvgIpc) is 3.04. The summed E-state index contributed by atoms with van der Waals surface area (Å²) < 4.78 is 28.6. The van der Waals surface area contributed by atoms with Gasteiger partial charge in [0.2, 0.25) is 0 Å². The number of aliphatic hydroxyl groups excluding tert-OH is 1. The van der Waals surface area contributed by atoms with Crippen molar-refractivity contribution in [1.29, 1.82) is 0 Å². The Hall–Kier alpha value is -1.98. The van der Waals surface area contributed by atoms with Crippen molar-refractivity contribution in [2.45, 2.75) is 25.1 Å². The second-order valence-electron chi connectivity index (χ2n) is 6.12. The van der Waals surface area contributed by atoms with Crippen LogP contribution in [0.5, 0.6) is 5.75 Å². The lowest BCUT2D eigenvalue weighted by molar-refractivity contribution is -0.0498. The first kappa shape index (κ1) is 16.9. The van der Waals surface area contributed by atoms with Gasteiger partial charge >= 0.3 is 6.61 Å². The van der Waals surface area contributed by atoms with E-state index in [1.54, 1.807) is 12.1 Å². The second kappa shape index (κ2) is 7.73. The molecule has 3 nitrogen and oxygen atoms in total. The van der Waals surface area contributed by atoms with Gasteiger partial charge in [-0.05, 0) is 42.1 Å². The molecule has 0 bridgehead atoms. The summed E-state index contributed by atoms with van der Waals surface area (Å²) in [7, 11) is 0. The predicted molar refractivity (Wildman–Crippen MR) is 88.3 cm³/mol. The summed E-state index contributed by atoms with van der Waals surface area (Å²) >= 11 is 0. The number of likely N-dealkylation sites (tertiary alicyclic amines) is 1. The fraction of sp³-hybridized carbons (Fsp3) is 0.368. The number of aliphatic hydroxyl groups is 1. The largest absolute Gasteiger partial charge is 0.435 e. The molecule has 0 radical (unpaired) electrons. The molecule has 2 aromatic carbocycles. The van der Waals surface area contributed by atoms with Crippen LogP contribution in [0.15, 0.2) is 54.6 Å². The van der Waals surface area contributed by atoms with E-state index in [0.717, 1.165) is 19.5 Å². The molecule has 1 N–H and O–H groups in total. The molecule has 2 aromatic rings. The van der Waals surface area contributed by atoms with E-state index < -0.39 is 12.7 Å². The Bertz CT molecular complexity index is 634. The molecule has 0 unspecified atom stereocenters. The first-order valence-electron chi connectivity index (χ1n) is 8.12. The number of nitrogens with zero attached hydrogens (tertiary/aromatic N) is 1. The Morgan fingerprint density at radius 2 is 1.79 bits per heavy atom. The normalized spacial score (nSPS) is 19.6. The van der Waals surface area contributed by atoms with E-state index in [4.69, 9.17) is 0 Å². The number of ether oxygens (including phenoxy) is 1. The minimum absolute atomic E-state index is 0.103. The molecule has 0 amide bonds. The fourth-order valence-corrected chi connectivity index (χ4v) is 3.22. The lowest BCUT2D eigenvalue weighted by Gasteiger charge is -2.20. The lowest BCUT2D eigenvalue weighted by Crippen LogP contribution is -2.26. The van der Waals surface area contributed by atoms with Gasteiger partial charge in [0.15, 0.2) is 0 Å². The van der Waals surface area contributed by atoms with Gasteiger partial charge in [-0.2, -0.15) is 8.78 Å². The van der Waals surface area contributed by atoms with Gasteiger partial charge in [0.25, 0.3) is 0 Å². The highest BCUT2D eigenvalue weighted by molar-refractivity contribution is 5.29. The molecule has 1 fully saturated rings. The number of halogens is 2. The van der Waals surface area contributed by atoms with Gasteiger partial charge in [-0.25, -0.2) is 0 Å². The van der Waals surface area contributed by atoms with Gasteiger partial charge in [-0.1, -0.05) is 42.5 Å². The summed E-state index contributed by atoms with van der Waals surface area (Å²) in [5, 5.41) is 10.4. The van der Waals surface area contributed by atoms with Gasteiger partial charge in [-0.15, -0.1) is 0 Å². The van der Waals surface area contributed by atoms with Crippen LogP contribution in [0, 0.1) is 0 Å². The molecule has 1 heterocycles. The highest BCUT2D eigenvalue weighted by atomic mass is 19.3. The highest BCUT2D eigenvalue weighted by Crippen LogP contribution is 2.28. The Kier molecular flexibility index (Phi) is 5.43. The monoisotopic (exact) mass is 333 g/mol. The zero-order valence-corrected chi connectivity index (χ0v) is 13.3. The molecule has 1 aliphatic rings. The van der Waals surface area contributed by atoms with E-state index in [1.165, 1.54) is 17.7 Å². The summed E-state index contributed by atoms with van der Waals surface area (Å²) in [6, 6.07) is 16.6. The number of β-amino-alcohol motifs (C(OH)–C–C–N with tert-alkyl or cyclic N) is 1. The van der Waals surface area contributed by atoms with E-state index in [-0.39, 0.29) is 5.75 Å². The van der Waals surface area contributed by atoms with Crippen LogP contribution in [0.2, 0.25) is 0 Å². The van der Waals surface area contributed by atoms with Gasteiger partial charge in [-0.3, -0.25) is 4.90 Å². The third-order valence-electron chi connectivity index (χ3n) is 4.46. The molecule has 128 valence electrons. The smallest absolute Gasteiger partial charge is 0.387 e. The number of rotatable bonds is 6. The summed E-state index contributed by atoms with van der Waals surface area (Å²) in [4.78, 5) is 2.24. The number of hydrogen-bond acceptors (Lipinski definition) is 3. The first-order chi connectivity index (χ1) is 11.6. The van der Waals surface area contributed by atoms with Crippen molar-refractivity contribution < 1.29 is 18.6 Å². The van der Waals surface area contributed by atoms with Gasteiger partial charge in [0, 0.05) is 13.1 Å². The predicted octanol–water partition coefficient (Wildman–Crippen LogP) is 3.81. The van der Waals surface area contributed by atoms with E-state index in [2.05, 4.69) is 33.9 Å². The summed E-state index contributed by atoms with van der Waals surface area (Å²) in [5.74, 6) is 0.603. The van der Waals surface area contributed by atoms with E-state index >= 15 is 0 Å². The molecule has 1 aliphatic heterocycles. The van der Waals surface area contributed by atoms with Gasteiger partial charge < -0.3 is 9.84 Å². The number of benzene rings is 2. The summed E-state index contributed by atoms with van der Waals surface area (Å²) in [5.41, 5.74) is 2.04. The van der Waals surface area contributed by atoms with Crippen molar-refractivity contribution in [3.05, 3.63) is 65.7 Å². The molecule has 5 heteroatoms. The Balaban J connectivity index is 1.54. The van der Waals surface area contributed by atoms with Crippen LogP contribution in [0.25, 0.3) is 0 Å². The molecular formula is C19H21F2NO2. The second-order valence-corrected chi connectivity index (χ2v) is 6.12. The highest BCUT2D eigenvalue weighted by Gasteiger charge is 2.25. The quantitative estimate of drug-likeness (QED) is 0.872. The van der Waals surface area contributed by atoms with Crippen LogP contribution in [0.3, 0.4) is 0 Å². The molecule has 1 saturated heterocycles. The molecule has 0 saturated carbocycles. The summed E-state index contributed by atoms with van der Waals surface area (Å²) in [6.45, 7) is -0.421. The standard InChI is InChI=1S/C19H21F2NO2/c20-19(21)24-17-8-6-15(7-9-17)18(23)13-22-11-10-16(12-22)14-4-2-1-3-5-14/h1-9,16,18-19,23H,10-13H2/t16-,18+/m1/s1. The molecule has 24 heavy (non-hydrogen) atoms. The van der Waals surface area contributed by atoms with Crippen molar-refractivity contribution in [3.63, 3.8) is 0 Å². The third kappa shape index (κ3) is 4.30.